The highest BCUT2D eigenvalue weighted by Crippen LogP contribution is 2.50. The van der Waals surface area contributed by atoms with E-state index in [4.69, 9.17) is 16.3 Å². The standard InChI is InChI=1S/C15H13ClO3/c1-7-5-10(8(2)17)14-11-6-9(16)3-4-12(11)19-15(18)13(7)14/h3-4,6,10,14H,5H2,1-2H3/t10-,14+/m1/s1. The minimum Gasteiger partial charge on any atom is -0.423 e. The van der Waals surface area contributed by atoms with Gasteiger partial charge in [0.2, 0.25) is 0 Å². The molecule has 1 aromatic rings. The predicted molar refractivity (Wildman–Crippen MR) is 71.3 cm³/mol. The second kappa shape index (κ2) is 4.20. The third-order valence-corrected chi connectivity index (χ3v) is 4.19. The van der Waals surface area contributed by atoms with E-state index in [2.05, 4.69) is 0 Å². The maximum absolute atomic E-state index is 12.1. The Morgan fingerprint density at radius 1 is 1.42 bits per heavy atom. The first kappa shape index (κ1) is 12.4. The Balaban J connectivity index is 2.21. The number of ketones is 1. The van der Waals surface area contributed by atoms with E-state index < -0.39 is 0 Å². The quantitative estimate of drug-likeness (QED) is 0.584. The van der Waals surface area contributed by atoms with Crippen LogP contribution in [0.15, 0.2) is 29.3 Å². The summed E-state index contributed by atoms with van der Waals surface area (Å²) in [4.78, 5) is 23.9. The number of carbonyl (C=O) groups is 2. The first-order valence-electron chi connectivity index (χ1n) is 6.20. The van der Waals surface area contributed by atoms with Gasteiger partial charge in [-0.1, -0.05) is 17.2 Å². The van der Waals surface area contributed by atoms with E-state index in [-0.39, 0.29) is 23.6 Å². The number of carbonyl (C=O) groups excluding carboxylic acids is 2. The van der Waals surface area contributed by atoms with Crippen molar-refractivity contribution < 1.29 is 14.3 Å². The van der Waals surface area contributed by atoms with E-state index in [0.717, 1.165) is 11.1 Å². The molecule has 0 unspecified atom stereocenters. The van der Waals surface area contributed by atoms with Gasteiger partial charge in [0.1, 0.15) is 11.5 Å². The number of hydrogen-bond acceptors (Lipinski definition) is 3. The summed E-state index contributed by atoms with van der Waals surface area (Å²) in [5.74, 6) is -0.0994. The van der Waals surface area contributed by atoms with Crippen LogP contribution in [0, 0.1) is 5.92 Å². The molecule has 0 bridgehead atoms. The van der Waals surface area contributed by atoms with Crippen molar-refractivity contribution in [1.82, 2.24) is 0 Å². The lowest BCUT2D eigenvalue weighted by Gasteiger charge is -2.27. The van der Waals surface area contributed by atoms with Gasteiger partial charge in [-0.15, -0.1) is 0 Å². The van der Waals surface area contributed by atoms with Gasteiger partial charge in [-0.3, -0.25) is 4.79 Å². The lowest BCUT2D eigenvalue weighted by Crippen LogP contribution is -2.27. The summed E-state index contributed by atoms with van der Waals surface area (Å²) in [6.07, 6.45) is 0.621. The number of Topliss-reactive ketones (excluding diaryl/α,β-unsaturated/α-hetero) is 1. The first-order valence-corrected chi connectivity index (χ1v) is 6.58. The van der Waals surface area contributed by atoms with Crippen molar-refractivity contribution in [3.63, 3.8) is 0 Å². The summed E-state index contributed by atoms with van der Waals surface area (Å²) < 4.78 is 5.33. The molecule has 1 aliphatic carbocycles. The maximum Gasteiger partial charge on any atom is 0.340 e. The molecule has 0 amide bonds. The molecular formula is C15H13ClO3. The molecule has 0 spiro atoms. The van der Waals surface area contributed by atoms with Crippen molar-refractivity contribution in [2.24, 2.45) is 5.92 Å². The third-order valence-electron chi connectivity index (χ3n) is 3.95. The van der Waals surface area contributed by atoms with E-state index in [1.54, 1.807) is 25.1 Å². The normalized spacial score (nSPS) is 24.9. The first-order chi connectivity index (χ1) is 8.99. The largest absolute Gasteiger partial charge is 0.423 e. The maximum atomic E-state index is 12.1. The van der Waals surface area contributed by atoms with Gasteiger partial charge in [0.15, 0.2) is 0 Å². The van der Waals surface area contributed by atoms with Crippen LogP contribution >= 0.6 is 11.6 Å². The Morgan fingerprint density at radius 2 is 2.16 bits per heavy atom. The van der Waals surface area contributed by atoms with Gasteiger partial charge in [-0.25, -0.2) is 4.79 Å². The lowest BCUT2D eigenvalue weighted by molar-refractivity contribution is -0.131. The molecule has 3 nitrogen and oxygen atoms in total. The molecule has 0 saturated carbocycles. The zero-order valence-electron chi connectivity index (χ0n) is 10.7. The van der Waals surface area contributed by atoms with Crippen LogP contribution in [0.1, 0.15) is 31.7 Å². The second-order valence-corrected chi connectivity index (χ2v) is 5.60. The highest BCUT2D eigenvalue weighted by molar-refractivity contribution is 6.30. The average molecular weight is 277 g/mol. The predicted octanol–water partition coefficient (Wildman–Crippen LogP) is 3.27. The Labute approximate surface area is 116 Å². The van der Waals surface area contributed by atoms with Crippen LogP contribution in [-0.4, -0.2) is 11.8 Å². The average Bonchev–Trinajstić information content (AvgIpc) is 2.69. The third kappa shape index (κ3) is 1.80. The van der Waals surface area contributed by atoms with Crippen molar-refractivity contribution in [3.8, 4) is 5.75 Å². The highest BCUT2D eigenvalue weighted by Gasteiger charge is 2.44. The summed E-state index contributed by atoms with van der Waals surface area (Å²) >= 11 is 6.03. The lowest BCUT2D eigenvalue weighted by atomic mass is 9.81. The molecule has 1 aromatic carbocycles. The minimum atomic E-state index is -0.332. The fourth-order valence-corrected chi connectivity index (χ4v) is 3.27. The molecule has 0 fully saturated rings. The van der Waals surface area contributed by atoms with Crippen molar-refractivity contribution >= 4 is 23.4 Å². The number of halogens is 1. The molecule has 1 aliphatic heterocycles. The second-order valence-electron chi connectivity index (χ2n) is 5.16. The van der Waals surface area contributed by atoms with Gasteiger partial charge in [-0.05, 0) is 38.5 Å². The molecule has 4 heteroatoms. The summed E-state index contributed by atoms with van der Waals surface area (Å²) in [6.45, 7) is 3.47. The van der Waals surface area contributed by atoms with Gasteiger partial charge in [-0.2, -0.15) is 0 Å². The monoisotopic (exact) mass is 276 g/mol. The van der Waals surface area contributed by atoms with Gasteiger partial charge >= 0.3 is 5.97 Å². The van der Waals surface area contributed by atoms with E-state index in [9.17, 15) is 9.59 Å². The van der Waals surface area contributed by atoms with E-state index in [1.165, 1.54) is 0 Å². The van der Waals surface area contributed by atoms with E-state index in [1.807, 2.05) is 6.92 Å². The highest BCUT2D eigenvalue weighted by atomic mass is 35.5. The zero-order chi connectivity index (χ0) is 13.7. The fourth-order valence-electron chi connectivity index (χ4n) is 3.09. The smallest absolute Gasteiger partial charge is 0.340 e. The molecule has 3 rings (SSSR count). The Bertz CT molecular complexity index is 630. The molecule has 0 saturated heterocycles. The Hall–Kier alpha value is -1.61. The summed E-state index contributed by atoms with van der Waals surface area (Å²) in [7, 11) is 0. The van der Waals surface area contributed by atoms with Crippen molar-refractivity contribution in [1.29, 1.82) is 0 Å². The number of rotatable bonds is 1. The molecule has 1 heterocycles. The van der Waals surface area contributed by atoms with Crippen LogP contribution in [0.4, 0.5) is 0 Å². The van der Waals surface area contributed by atoms with Gasteiger partial charge in [0.25, 0.3) is 0 Å². The Kier molecular flexibility index (Phi) is 2.75. The molecule has 0 aromatic heterocycles. The van der Waals surface area contributed by atoms with Crippen LogP contribution in [0.5, 0.6) is 5.75 Å². The van der Waals surface area contributed by atoms with E-state index in [0.29, 0.717) is 22.8 Å². The van der Waals surface area contributed by atoms with Gasteiger partial charge in [0, 0.05) is 28.0 Å². The molecule has 2 aliphatic rings. The van der Waals surface area contributed by atoms with E-state index >= 15 is 0 Å². The Morgan fingerprint density at radius 3 is 2.84 bits per heavy atom. The van der Waals surface area contributed by atoms with Crippen LogP contribution in [0.25, 0.3) is 0 Å². The molecule has 0 radical (unpaired) electrons. The van der Waals surface area contributed by atoms with Crippen LogP contribution in [-0.2, 0) is 9.59 Å². The molecule has 0 N–H and O–H groups in total. The van der Waals surface area contributed by atoms with Gasteiger partial charge < -0.3 is 4.74 Å². The molecule has 19 heavy (non-hydrogen) atoms. The fraction of sp³-hybridized carbons (Fsp3) is 0.333. The number of hydrogen-bond donors (Lipinski definition) is 0. The SMILES string of the molecule is CC(=O)[C@H]1CC(C)=C2C(=O)Oc3ccc(Cl)cc3[C@@H]21. The number of ether oxygens (including phenoxy) is 1. The van der Waals surface area contributed by atoms with Crippen molar-refractivity contribution in [3.05, 3.63) is 39.9 Å². The van der Waals surface area contributed by atoms with Crippen LogP contribution in [0.3, 0.4) is 0 Å². The van der Waals surface area contributed by atoms with Gasteiger partial charge in [0.05, 0.1) is 0 Å². The number of esters is 1. The molecule has 98 valence electrons. The topological polar surface area (TPSA) is 43.4 Å². The zero-order valence-corrected chi connectivity index (χ0v) is 11.5. The number of allylic oxidation sites excluding steroid dienone is 1. The van der Waals surface area contributed by atoms with Crippen LogP contribution in [0.2, 0.25) is 5.02 Å². The summed E-state index contributed by atoms with van der Waals surface area (Å²) in [6, 6.07) is 5.17. The number of fused-ring (bicyclic) bond motifs is 3. The number of benzene rings is 1. The van der Waals surface area contributed by atoms with Crippen molar-refractivity contribution in [2.45, 2.75) is 26.2 Å². The molecule has 2 atom stereocenters. The minimum absolute atomic E-state index is 0.0972. The van der Waals surface area contributed by atoms with Crippen molar-refractivity contribution in [2.75, 3.05) is 0 Å². The summed E-state index contributed by atoms with van der Waals surface area (Å²) in [5.41, 5.74) is 2.43. The molecular weight excluding hydrogens is 264 g/mol. The van der Waals surface area contributed by atoms with Crippen LogP contribution < -0.4 is 4.74 Å². The summed E-state index contributed by atoms with van der Waals surface area (Å²) in [5, 5.41) is 0.586.